The lowest BCUT2D eigenvalue weighted by Gasteiger charge is -2.25. The van der Waals surface area contributed by atoms with Crippen molar-refractivity contribution in [1.82, 2.24) is 5.32 Å². The zero-order valence-electron chi connectivity index (χ0n) is 9.96. The van der Waals surface area contributed by atoms with Gasteiger partial charge in [0.1, 0.15) is 0 Å². The molecule has 0 saturated heterocycles. The van der Waals surface area contributed by atoms with Gasteiger partial charge < -0.3 is 16.2 Å². The van der Waals surface area contributed by atoms with E-state index >= 15 is 0 Å². The van der Waals surface area contributed by atoms with E-state index in [-0.39, 0.29) is 12.5 Å². The van der Waals surface area contributed by atoms with Crippen molar-refractivity contribution in [2.45, 2.75) is 25.8 Å². The minimum atomic E-state index is -0.429. The van der Waals surface area contributed by atoms with E-state index in [2.05, 4.69) is 27.9 Å². The molecule has 0 heterocycles. The van der Waals surface area contributed by atoms with Gasteiger partial charge in [-0.05, 0) is 61.1 Å². The molecule has 0 fully saturated rings. The van der Waals surface area contributed by atoms with E-state index in [1.54, 1.807) is 18.2 Å². The number of hydrogen-bond donors (Lipinski definition) is 3. The van der Waals surface area contributed by atoms with Crippen molar-refractivity contribution < 1.29 is 9.90 Å². The molecule has 1 amide bonds. The Morgan fingerprint density at radius 1 is 1.47 bits per heavy atom. The van der Waals surface area contributed by atoms with Gasteiger partial charge in [-0.25, -0.2) is 0 Å². The van der Waals surface area contributed by atoms with Crippen LogP contribution in [0.3, 0.4) is 0 Å². The fourth-order valence-corrected chi connectivity index (χ4v) is 2.16. The summed E-state index contributed by atoms with van der Waals surface area (Å²) < 4.78 is 0.924. The number of halogens is 1. The van der Waals surface area contributed by atoms with Crippen molar-refractivity contribution in [2.75, 3.05) is 12.3 Å². The molecule has 0 spiro atoms. The zero-order valence-corrected chi connectivity index (χ0v) is 12.1. The van der Waals surface area contributed by atoms with Crippen molar-refractivity contribution in [3.63, 3.8) is 0 Å². The first kappa shape index (κ1) is 14.2. The van der Waals surface area contributed by atoms with Crippen LogP contribution in [0.25, 0.3) is 0 Å². The van der Waals surface area contributed by atoms with Crippen LogP contribution in [0.4, 0.5) is 5.69 Å². The van der Waals surface area contributed by atoms with Crippen LogP contribution in [0.2, 0.25) is 0 Å². The lowest BCUT2D eigenvalue weighted by atomic mass is 10.0. The molecule has 1 rings (SSSR count). The number of benzene rings is 1. The highest BCUT2D eigenvalue weighted by atomic mass is 127. The Kier molecular flexibility index (Phi) is 4.76. The summed E-state index contributed by atoms with van der Waals surface area (Å²) in [4.78, 5) is 12.0. The van der Waals surface area contributed by atoms with E-state index in [4.69, 9.17) is 10.8 Å². The van der Waals surface area contributed by atoms with E-state index in [9.17, 15) is 4.79 Å². The molecular formula is C12H17IN2O2. The fraction of sp³-hybridized carbons (Fsp3) is 0.417. The number of nitrogens with one attached hydrogen (secondary N) is 1. The van der Waals surface area contributed by atoms with Gasteiger partial charge in [0.05, 0.1) is 0 Å². The fourth-order valence-electron chi connectivity index (χ4n) is 1.46. The Morgan fingerprint density at radius 2 is 2.12 bits per heavy atom. The van der Waals surface area contributed by atoms with Gasteiger partial charge in [0.2, 0.25) is 0 Å². The molecule has 4 N–H and O–H groups in total. The predicted molar refractivity (Wildman–Crippen MR) is 76.8 cm³/mol. The summed E-state index contributed by atoms with van der Waals surface area (Å²) >= 11 is 2.12. The molecule has 4 nitrogen and oxygen atoms in total. The van der Waals surface area contributed by atoms with Crippen LogP contribution < -0.4 is 11.1 Å². The van der Waals surface area contributed by atoms with Crippen molar-refractivity contribution in [1.29, 1.82) is 0 Å². The summed E-state index contributed by atoms with van der Waals surface area (Å²) in [6.45, 7) is 3.79. The minimum Gasteiger partial charge on any atom is -0.399 e. The lowest BCUT2D eigenvalue weighted by molar-refractivity contribution is 0.0899. The maximum atomic E-state index is 12.0. The van der Waals surface area contributed by atoms with Gasteiger partial charge in [0.25, 0.3) is 5.91 Å². The highest BCUT2D eigenvalue weighted by molar-refractivity contribution is 14.1. The van der Waals surface area contributed by atoms with E-state index < -0.39 is 5.54 Å². The van der Waals surface area contributed by atoms with Gasteiger partial charge in [-0.1, -0.05) is 0 Å². The molecule has 94 valence electrons. The number of rotatable bonds is 4. The molecule has 1 aromatic carbocycles. The molecule has 0 saturated carbocycles. The normalized spacial score (nSPS) is 11.3. The summed E-state index contributed by atoms with van der Waals surface area (Å²) in [5.74, 6) is -0.173. The largest absolute Gasteiger partial charge is 0.399 e. The number of carbonyl (C=O) groups excluding carboxylic acids is 1. The molecule has 0 aliphatic carbocycles. The van der Waals surface area contributed by atoms with Gasteiger partial charge in [-0.2, -0.15) is 0 Å². The Balaban J connectivity index is 2.83. The third-order valence-corrected chi connectivity index (χ3v) is 2.99. The molecule has 0 radical (unpaired) electrons. The van der Waals surface area contributed by atoms with Crippen LogP contribution in [0.15, 0.2) is 18.2 Å². The molecule has 0 aliphatic rings. The van der Waals surface area contributed by atoms with Crippen LogP contribution in [0.1, 0.15) is 30.6 Å². The maximum absolute atomic E-state index is 12.0. The maximum Gasteiger partial charge on any atom is 0.251 e. The SMILES string of the molecule is CC(C)(CCO)NC(=O)c1cc(N)cc(I)c1. The van der Waals surface area contributed by atoms with E-state index in [1.807, 2.05) is 13.8 Å². The highest BCUT2D eigenvalue weighted by Crippen LogP contribution is 2.15. The molecule has 0 aromatic heterocycles. The third-order valence-electron chi connectivity index (χ3n) is 2.37. The number of carbonyl (C=O) groups is 1. The second-order valence-electron chi connectivity index (χ2n) is 4.58. The minimum absolute atomic E-state index is 0.0434. The molecule has 0 unspecified atom stereocenters. The van der Waals surface area contributed by atoms with Gasteiger partial charge in [0, 0.05) is 27.0 Å². The van der Waals surface area contributed by atoms with Crippen LogP contribution in [-0.2, 0) is 0 Å². The Bertz CT molecular complexity index is 399. The van der Waals surface area contributed by atoms with Crippen molar-refractivity contribution in [3.05, 3.63) is 27.3 Å². The monoisotopic (exact) mass is 348 g/mol. The number of anilines is 1. The Labute approximate surface area is 115 Å². The summed E-state index contributed by atoms with van der Waals surface area (Å²) in [7, 11) is 0. The number of aliphatic hydroxyl groups is 1. The van der Waals surface area contributed by atoms with Crippen LogP contribution in [-0.4, -0.2) is 23.2 Å². The second-order valence-corrected chi connectivity index (χ2v) is 5.83. The quantitative estimate of drug-likeness (QED) is 0.573. The van der Waals surface area contributed by atoms with Crippen molar-refractivity contribution in [3.8, 4) is 0 Å². The summed E-state index contributed by atoms with van der Waals surface area (Å²) in [5, 5.41) is 11.8. The first-order valence-corrected chi connectivity index (χ1v) is 6.41. The standard InChI is InChI=1S/C12H17IN2O2/c1-12(2,3-4-16)15-11(17)8-5-9(13)7-10(14)6-8/h5-7,16H,3-4,14H2,1-2H3,(H,15,17). The highest BCUT2D eigenvalue weighted by Gasteiger charge is 2.20. The van der Waals surface area contributed by atoms with Gasteiger partial charge in [-0.15, -0.1) is 0 Å². The summed E-state index contributed by atoms with van der Waals surface area (Å²) in [6.07, 6.45) is 0.512. The van der Waals surface area contributed by atoms with Crippen LogP contribution in [0.5, 0.6) is 0 Å². The van der Waals surface area contributed by atoms with E-state index in [1.165, 1.54) is 0 Å². The van der Waals surface area contributed by atoms with Gasteiger partial charge >= 0.3 is 0 Å². The molecule has 0 bridgehead atoms. The summed E-state index contributed by atoms with van der Waals surface area (Å²) in [6, 6.07) is 5.23. The van der Waals surface area contributed by atoms with Crippen LogP contribution >= 0.6 is 22.6 Å². The van der Waals surface area contributed by atoms with Gasteiger partial charge in [-0.3, -0.25) is 4.79 Å². The lowest BCUT2D eigenvalue weighted by Crippen LogP contribution is -2.44. The van der Waals surface area contributed by atoms with Gasteiger partial charge in [0.15, 0.2) is 0 Å². The average Bonchev–Trinajstić information content (AvgIpc) is 2.14. The summed E-state index contributed by atoms with van der Waals surface area (Å²) in [5.41, 5.74) is 6.38. The number of aliphatic hydroxyl groups excluding tert-OH is 1. The van der Waals surface area contributed by atoms with E-state index in [0.29, 0.717) is 17.7 Å². The number of nitrogen functional groups attached to an aromatic ring is 1. The Hall–Kier alpha value is -0.820. The number of amides is 1. The second kappa shape index (κ2) is 5.68. The number of hydrogen-bond acceptors (Lipinski definition) is 3. The predicted octanol–water partition coefficient (Wildman–Crippen LogP) is 1.76. The van der Waals surface area contributed by atoms with Crippen molar-refractivity contribution >= 4 is 34.2 Å². The molecule has 1 aromatic rings. The average molecular weight is 348 g/mol. The number of nitrogens with two attached hydrogens (primary N) is 1. The Morgan fingerprint density at radius 3 is 2.65 bits per heavy atom. The van der Waals surface area contributed by atoms with Crippen molar-refractivity contribution in [2.24, 2.45) is 0 Å². The molecule has 0 atom stereocenters. The topological polar surface area (TPSA) is 75.3 Å². The zero-order chi connectivity index (χ0) is 13.1. The molecular weight excluding hydrogens is 331 g/mol. The van der Waals surface area contributed by atoms with Crippen LogP contribution in [0, 0.1) is 3.57 Å². The van der Waals surface area contributed by atoms with E-state index in [0.717, 1.165) is 3.57 Å². The third kappa shape index (κ3) is 4.51. The molecule has 5 heteroatoms. The molecule has 17 heavy (non-hydrogen) atoms. The first-order valence-electron chi connectivity index (χ1n) is 5.33. The first-order chi connectivity index (χ1) is 7.84. The molecule has 0 aliphatic heterocycles. The smallest absolute Gasteiger partial charge is 0.251 e.